The first-order chi connectivity index (χ1) is 12.3. The first-order valence-corrected chi connectivity index (χ1v) is 7.74. The van der Waals surface area contributed by atoms with Crippen LogP contribution in [0.5, 0.6) is 0 Å². The van der Waals surface area contributed by atoms with Crippen LogP contribution in [-0.4, -0.2) is 28.3 Å². The maximum absolute atomic E-state index is 14.6. The number of aromatic nitrogens is 1. The molecular weight excluding hydrogens is 402 g/mol. The minimum Gasteiger partial charge on any atom is -0.462 e. The van der Waals surface area contributed by atoms with E-state index >= 15 is 0 Å². The molecular formula is C16H11ClF6N2O2. The number of esters is 1. The number of nitrogens with zero attached hydrogens (tertiary/aromatic N) is 2. The molecule has 0 spiro atoms. The topological polar surface area (TPSA) is 54.5 Å². The van der Waals surface area contributed by atoms with Gasteiger partial charge in [0.05, 0.1) is 23.3 Å². The smallest absolute Gasteiger partial charge is 0.390 e. The molecule has 0 saturated heterocycles. The Hall–Kier alpha value is -2.41. The lowest BCUT2D eigenvalue weighted by molar-refractivity contribution is -0.286. The Morgan fingerprint density at radius 1 is 1.30 bits per heavy atom. The van der Waals surface area contributed by atoms with Crippen molar-refractivity contribution >= 4 is 23.1 Å². The summed E-state index contributed by atoms with van der Waals surface area (Å²) in [5.74, 6) is -13.2. The molecule has 2 rings (SSSR count). The quantitative estimate of drug-likeness (QED) is 0.400. The molecule has 0 aromatic carbocycles. The maximum atomic E-state index is 14.6. The van der Waals surface area contributed by atoms with Crippen LogP contribution in [0.4, 0.5) is 26.3 Å². The maximum Gasteiger partial charge on any atom is 0.390 e. The van der Waals surface area contributed by atoms with Gasteiger partial charge < -0.3 is 9.14 Å². The Morgan fingerprint density at radius 3 is 2.37 bits per heavy atom. The molecule has 0 saturated carbocycles. The lowest BCUT2D eigenvalue weighted by atomic mass is 9.97. The number of aryl methyl sites for hydroxylation is 1. The van der Waals surface area contributed by atoms with E-state index in [1.165, 1.54) is 32.0 Å². The van der Waals surface area contributed by atoms with Crippen molar-refractivity contribution in [3.05, 3.63) is 40.7 Å². The number of ether oxygens (including phenoxy) is 1. The van der Waals surface area contributed by atoms with Crippen LogP contribution < -0.4 is 0 Å². The number of rotatable bonds is 5. The van der Waals surface area contributed by atoms with Gasteiger partial charge in [-0.2, -0.15) is 31.6 Å². The molecule has 0 aliphatic carbocycles. The highest BCUT2D eigenvalue weighted by molar-refractivity contribution is 6.22. The predicted molar refractivity (Wildman–Crippen MR) is 82.4 cm³/mol. The van der Waals surface area contributed by atoms with Gasteiger partial charge in [0.25, 0.3) is 0 Å². The molecule has 0 amide bonds. The highest BCUT2D eigenvalue weighted by Gasteiger charge is 2.73. The minimum atomic E-state index is -6.10. The van der Waals surface area contributed by atoms with E-state index in [9.17, 15) is 36.4 Å². The number of alkyl halides is 7. The molecule has 0 bridgehead atoms. The van der Waals surface area contributed by atoms with E-state index in [0.29, 0.717) is 0 Å². The Kier molecular flexibility index (Phi) is 5.14. The zero-order chi connectivity index (χ0) is 20.8. The number of fused-ring (bicyclic) bond motifs is 1. The zero-order valence-corrected chi connectivity index (χ0v) is 14.6. The number of carbonyl (C=O) groups excluding carboxylic acids is 1. The lowest BCUT2D eigenvalue weighted by Crippen LogP contribution is -2.50. The summed E-state index contributed by atoms with van der Waals surface area (Å²) in [7, 11) is 0. The van der Waals surface area contributed by atoms with E-state index < -0.39 is 40.0 Å². The molecule has 2 heterocycles. The van der Waals surface area contributed by atoms with E-state index in [4.69, 9.17) is 0 Å². The Morgan fingerprint density at radius 2 is 1.89 bits per heavy atom. The third kappa shape index (κ3) is 3.00. The van der Waals surface area contributed by atoms with Gasteiger partial charge in [0.1, 0.15) is 11.8 Å². The number of nitriles is 1. The van der Waals surface area contributed by atoms with Gasteiger partial charge >= 0.3 is 23.2 Å². The molecule has 2 aromatic heterocycles. The Labute approximate surface area is 153 Å². The standard InChI is InChI=1S/C16H11ClF6N2O2/c1-3-27-13(26)10-11(14(18,19)15(20,21)16(17,22)23)9(7-24)25-6-4-5-8(2)12(10)25/h4-6H,3H2,1-2H3. The van der Waals surface area contributed by atoms with Gasteiger partial charge in [-0.3, -0.25) is 0 Å². The Balaban J connectivity index is 3.03. The normalized spacial score (nSPS) is 12.9. The van der Waals surface area contributed by atoms with E-state index in [2.05, 4.69) is 16.3 Å². The number of pyridine rings is 1. The summed E-state index contributed by atoms with van der Waals surface area (Å²) < 4.78 is 88.5. The molecule has 0 fully saturated rings. The van der Waals surface area contributed by atoms with Crippen LogP contribution in [0.25, 0.3) is 5.52 Å². The molecule has 27 heavy (non-hydrogen) atoms. The van der Waals surface area contributed by atoms with Gasteiger partial charge in [-0.25, -0.2) is 4.79 Å². The monoisotopic (exact) mass is 412 g/mol. The van der Waals surface area contributed by atoms with Crippen LogP contribution >= 0.6 is 11.6 Å². The summed E-state index contributed by atoms with van der Waals surface area (Å²) in [5, 5.41) is 3.59. The van der Waals surface area contributed by atoms with Crippen LogP contribution in [0.1, 0.15) is 34.1 Å². The summed E-state index contributed by atoms with van der Waals surface area (Å²) in [6.07, 6.45) is 1.06. The van der Waals surface area contributed by atoms with Gasteiger partial charge in [-0.1, -0.05) is 6.07 Å². The molecule has 2 aromatic rings. The van der Waals surface area contributed by atoms with Crippen molar-refractivity contribution in [1.29, 1.82) is 5.26 Å². The van der Waals surface area contributed by atoms with Crippen molar-refractivity contribution in [2.75, 3.05) is 6.61 Å². The second kappa shape index (κ2) is 6.64. The molecule has 11 heteroatoms. The van der Waals surface area contributed by atoms with E-state index in [1.807, 2.05) is 0 Å². The zero-order valence-electron chi connectivity index (χ0n) is 13.8. The lowest BCUT2D eigenvalue weighted by Gasteiger charge is -2.29. The van der Waals surface area contributed by atoms with Crippen molar-refractivity contribution < 1.29 is 35.9 Å². The van der Waals surface area contributed by atoms with E-state index in [-0.39, 0.29) is 17.7 Å². The SMILES string of the molecule is CCOC(=O)c1c(C(F)(F)C(F)(F)C(F)(F)Cl)c(C#N)n2cccc(C)c12. The second-order valence-corrected chi connectivity index (χ2v) is 5.96. The summed E-state index contributed by atoms with van der Waals surface area (Å²) in [6, 6.07) is 3.92. The van der Waals surface area contributed by atoms with Crippen LogP contribution in [0.2, 0.25) is 0 Å². The molecule has 0 aliphatic rings. The molecule has 0 radical (unpaired) electrons. The third-order valence-corrected chi connectivity index (χ3v) is 4.05. The van der Waals surface area contributed by atoms with Crippen molar-refractivity contribution in [1.82, 2.24) is 4.40 Å². The van der Waals surface area contributed by atoms with Gasteiger partial charge in [-0.05, 0) is 37.1 Å². The predicted octanol–water partition coefficient (Wildman–Crippen LogP) is 4.85. The molecule has 0 N–H and O–H groups in total. The second-order valence-electron chi connectivity index (χ2n) is 5.49. The number of hydrogen-bond donors (Lipinski definition) is 0. The van der Waals surface area contributed by atoms with Crippen molar-refractivity contribution in [3.63, 3.8) is 0 Å². The first-order valence-electron chi connectivity index (χ1n) is 7.36. The fourth-order valence-corrected chi connectivity index (χ4v) is 2.75. The van der Waals surface area contributed by atoms with Crippen molar-refractivity contribution in [2.24, 2.45) is 0 Å². The summed E-state index contributed by atoms with van der Waals surface area (Å²) in [5.41, 5.74) is -4.27. The van der Waals surface area contributed by atoms with Crippen molar-refractivity contribution in [3.8, 4) is 6.07 Å². The highest BCUT2D eigenvalue weighted by atomic mass is 35.5. The average molecular weight is 413 g/mol. The van der Waals surface area contributed by atoms with E-state index in [0.717, 1.165) is 10.6 Å². The average Bonchev–Trinajstić information content (AvgIpc) is 2.90. The number of carbonyl (C=O) groups is 1. The van der Waals surface area contributed by atoms with Gasteiger partial charge in [0.2, 0.25) is 0 Å². The molecule has 0 unspecified atom stereocenters. The summed E-state index contributed by atoms with van der Waals surface area (Å²) in [6.45, 7) is 2.38. The summed E-state index contributed by atoms with van der Waals surface area (Å²) >= 11 is 4.21. The van der Waals surface area contributed by atoms with Gasteiger partial charge in [0.15, 0.2) is 0 Å². The van der Waals surface area contributed by atoms with Crippen LogP contribution in [0, 0.1) is 18.3 Å². The highest BCUT2D eigenvalue weighted by Crippen LogP contribution is 2.55. The van der Waals surface area contributed by atoms with Crippen molar-refractivity contribution in [2.45, 2.75) is 31.1 Å². The fourth-order valence-electron chi connectivity index (χ4n) is 2.63. The molecule has 4 nitrogen and oxygen atoms in total. The number of halogens is 7. The fraction of sp³-hybridized carbons (Fsp3) is 0.375. The van der Waals surface area contributed by atoms with Crippen LogP contribution in [-0.2, 0) is 10.7 Å². The van der Waals surface area contributed by atoms with E-state index in [1.54, 1.807) is 0 Å². The van der Waals surface area contributed by atoms with Crippen LogP contribution in [0.15, 0.2) is 18.3 Å². The minimum absolute atomic E-state index is 0.153. The third-order valence-electron chi connectivity index (χ3n) is 3.81. The molecule has 0 atom stereocenters. The molecule has 0 aliphatic heterocycles. The van der Waals surface area contributed by atoms with Gasteiger partial charge in [-0.15, -0.1) is 0 Å². The number of hydrogen-bond acceptors (Lipinski definition) is 3. The van der Waals surface area contributed by atoms with Gasteiger partial charge in [0, 0.05) is 6.20 Å². The molecule has 146 valence electrons. The largest absolute Gasteiger partial charge is 0.462 e. The van der Waals surface area contributed by atoms with Crippen LogP contribution in [0.3, 0.4) is 0 Å². The first kappa shape index (κ1) is 20.9. The summed E-state index contributed by atoms with van der Waals surface area (Å²) in [4.78, 5) is 12.2. The Bertz CT molecular complexity index is 943.